The molecule has 0 fully saturated rings. The summed E-state index contributed by atoms with van der Waals surface area (Å²) in [7, 11) is 0. The Kier molecular flexibility index (Phi) is 5.25. The number of unbranched alkanes of at least 4 members (excludes halogenated alkanes) is 1. The van der Waals surface area contributed by atoms with Gasteiger partial charge in [0.2, 0.25) is 5.91 Å². The van der Waals surface area contributed by atoms with Crippen LogP contribution in [0.4, 0.5) is 0 Å². The molecule has 0 aliphatic heterocycles. The molecule has 0 aliphatic rings. The molecule has 0 radical (unpaired) electrons. The average molecular weight is 297 g/mol. The van der Waals surface area contributed by atoms with Crippen LogP contribution in [0.15, 0.2) is 49.2 Å². The van der Waals surface area contributed by atoms with Gasteiger partial charge in [-0.1, -0.05) is 24.3 Å². The van der Waals surface area contributed by atoms with Gasteiger partial charge in [0, 0.05) is 11.6 Å². The van der Waals surface area contributed by atoms with Crippen LogP contribution in [0.25, 0.3) is 10.9 Å². The van der Waals surface area contributed by atoms with Gasteiger partial charge in [-0.15, -0.1) is 6.58 Å². The SMILES string of the molecule is C=CCCC[C@H](NC(=O)c1cnc2ccccc2c1)C(N)=O. The van der Waals surface area contributed by atoms with Crippen molar-refractivity contribution in [3.63, 3.8) is 0 Å². The molecule has 5 heteroatoms. The van der Waals surface area contributed by atoms with Crippen molar-refractivity contribution in [3.05, 3.63) is 54.7 Å². The number of nitrogens with one attached hydrogen (secondary N) is 1. The number of carbonyl (C=O) groups is 2. The monoisotopic (exact) mass is 297 g/mol. The third-order valence-corrected chi connectivity index (χ3v) is 3.40. The molecule has 0 bridgehead atoms. The molecular formula is C17H19N3O2. The molecular weight excluding hydrogens is 278 g/mol. The molecule has 0 unspecified atom stereocenters. The first-order chi connectivity index (χ1) is 10.6. The summed E-state index contributed by atoms with van der Waals surface area (Å²) in [6.45, 7) is 3.63. The Balaban J connectivity index is 2.10. The Bertz CT molecular complexity index is 697. The quantitative estimate of drug-likeness (QED) is 0.606. The number of hydrogen-bond donors (Lipinski definition) is 2. The van der Waals surface area contributed by atoms with E-state index < -0.39 is 11.9 Å². The first-order valence-electron chi connectivity index (χ1n) is 7.17. The number of amides is 2. The van der Waals surface area contributed by atoms with E-state index >= 15 is 0 Å². The van der Waals surface area contributed by atoms with Gasteiger partial charge < -0.3 is 11.1 Å². The molecule has 1 aromatic carbocycles. The van der Waals surface area contributed by atoms with E-state index in [1.807, 2.05) is 24.3 Å². The number of primary amides is 1. The Hall–Kier alpha value is -2.69. The molecule has 22 heavy (non-hydrogen) atoms. The summed E-state index contributed by atoms with van der Waals surface area (Å²) in [4.78, 5) is 27.9. The van der Waals surface area contributed by atoms with Crippen molar-refractivity contribution in [2.45, 2.75) is 25.3 Å². The number of pyridine rings is 1. The summed E-state index contributed by atoms with van der Waals surface area (Å²) < 4.78 is 0. The van der Waals surface area contributed by atoms with E-state index in [-0.39, 0.29) is 5.91 Å². The van der Waals surface area contributed by atoms with Crippen molar-refractivity contribution < 1.29 is 9.59 Å². The summed E-state index contributed by atoms with van der Waals surface area (Å²) in [6, 6.07) is 8.59. The maximum absolute atomic E-state index is 12.3. The highest BCUT2D eigenvalue weighted by atomic mass is 16.2. The lowest BCUT2D eigenvalue weighted by molar-refractivity contribution is -0.120. The molecule has 1 heterocycles. The summed E-state index contributed by atoms with van der Waals surface area (Å²) in [5.74, 6) is -0.883. The van der Waals surface area contributed by atoms with E-state index in [1.165, 1.54) is 6.20 Å². The zero-order valence-corrected chi connectivity index (χ0v) is 12.3. The molecule has 2 rings (SSSR count). The van der Waals surface area contributed by atoms with Crippen LogP contribution in [0.1, 0.15) is 29.6 Å². The van der Waals surface area contributed by atoms with Crippen LogP contribution in [0.2, 0.25) is 0 Å². The lowest BCUT2D eigenvalue weighted by Crippen LogP contribution is -2.44. The zero-order chi connectivity index (χ0) is 15.9. The smallest absolute Gasteiger partial charge is 0.253 e. The molecule has 114 valence electrons. The fraction of sp³-hybridized carbons (Fsp3) is 0.235. The van der Waals surface area contributed by atoms with E-state index in [1.54, 1.807) is 12.1 Å². The number of hydrogen-bond acceptors (Lipinski definition) is 3. The van der Waals surface area contributed by atoms with Crippen molar-refractivity contribution in [1.82, 2.24) is 10.3 Å². The van der Waals surface area contributed by atoms with Gasteiger partial charge in [0.25, 0.3) is 5.91 Å². The fourth-order valence-electron chi connectivity index (χ4n) is 2.19. The van der Waals surface area contributed by atoms with E-state index in [9.17, 15) is 9.59 Å². The molecule has 2 aromatic rings. The first kappa shape index (κ1) is 15.7. The van der Waals surface area contributed by atoms with Gasteiger partial charge in [-0.3, -0.25) is 14.6 Å². The van der Waals surface area contributed by atoms with Crippen molar-refractivity contribution in [2.75, 3.05) is 0 Å². The second-order valence-corrected chi connectivity index (χ2v) is 5.06. The van der Waals surface area contributed by atoms with Crippen LogP contribution in [0.3, 0.4) is 0 Å². The number of carbonyl (C=O) groups excluding carboxylic acids is 2. The lowest BCUT2D eigenvalue weighted by Gasteiger charge is -2.15. The minimum absolute atomic E-state index is 0.347. The normalized spacial score (nSPS) is 11.8. The van der Waals surface area contributed by atoms with Crippen molar-refractivity contribution in [1.29, 1.82) is 0 Å². The predicted octanol–water partition coefficient (Wildman–Crippen LogP) is 2.17. The summed E-state index contributed by atoms with van der Waals surface area (Å²) in [5, 5.41) is 3.54. The van der Waals surface area contributed by atoms with Crippen LogP contribution in [0, 0.1) is 0 Å². The fourth-order valence-corrected chi connectivity index (χ4v) is 2.19. The first-order valence-corrected chi connectivity index (χ1v) is 7.17. The number of aromatic nitrogens is 1. The van der Waals surface area contributed by atoms with Crippen LogP contribution >= 0.6 is 0 Å². The molecule has 0 aliphatic carbocycles. The minimum Gasteiger partial charge on any atom is -0.368 e. The number of fused-ring (bicyclic) bond motifs is 1. The third-order valence-electron chi connectivity index (χ3n) is 3.40. The van der Waals surface area contributed by atoms with Gasteiger partial charge in [-0.25, -0.2) is 0 Å². The van der Waals surface area contributed by atoms with Gasteiger partial charge in [-0.2, -0.15) is 0 Å². The number of allylic oxidation sites excluding steroid dienone is 1. The van der Waals surface area contributed by atoms with Crippen LogP contribution in [-0.4, -0.2) is 22.8 Å². The summed E-state index contributed by atoms with van der Waals surface area (Å²) in [5.41, 5.74) is 6.57. The second-order valence-electron chi connectivity index (χ2n) is 5.06. The summed E-state index contributed by atoms with van der Waals surface area (Å²) in [6.07, 6.45) is 5.28. The van der Waals surface area contributed by atoms with Crippen LogP contribution in [0.5, 0.6) is 0 Å². The molecule has 0 saturated carbocycles. The van der Waals surface area contributed by atoms with Gasteiger partial charge in [0.1, 0.15) is 6.04 Å². The number of nitrogens with zero attached hydrogens (tertiary/aromatic N) is 1. The Morgan fingerprint density at radius 2 is 2.14 bits per heavy atom. The third kappa shape index (κ3) is 3.91. The van der Waals surface area contributed by atoms with E-state index in [0.29, 0.717) is 12.0 Å². The maximum Gasteiger partial charge on any atom is 0.253 e. The molecule has 3 N–H and O–H groups in total. The predicted molar refractivity (Wildman–Crippen MR) is 86.2 cm³/mol. The van der Waals surface area contributed by atoms with E-state index in [4.69, 9.17) is 5.73 Å². The minimum atomic E-state index is -0.682. The number of nitrogens with two attached hydrogens (primary N) is 1. The summed E-state index contributed by atoms with van der Waals surface area (Å²) >= 11 is 0. The van der Waals surface area contributed by atoms with Crippen molar-refractivity contribution in [3.8, 4) is 0 Å². The average Bonchev–Trinajstić information content (AvgIpc) is 2.53. The van der Waals surface area contributed by atoms with Gasteiger partial charge in [0.15, 0.2) is 0 Å². The molecule has 0 spiro atoms. The molecule has 1 atom stereocenters. The Labute approximate surface area is 129 Å². The lowest BCUT2D eigenvalue weighted by atomic mass is 10.1. The topological polar surface area (TPSA) is 85.1 Å². The highest BCUT2D eigenvalue weighted by Crippen LogP contribution is 2.13. The van der Waals surface area contributed by atoms with Crippen LogP contribution in [-0.2, 0) is 4.79 Å². The van der Waals surface area contributed by atoms with E-state index in [0.717, 1.165) is 23.7 Å². The van der Waals surface area contributed by atoms with Gasteiger partial charge >= 0.3 is 0 Å². The molecule has 0 saturated heterocycles. The number of rotatable bonds is 7. The largest absolute Gasteiger partial charge is 0.368 e. The number of para-hydroxylation sites is 1. The highest BCUT2D eigenvalue weighted by molar-refractivity contribution is 5.99. The number of benzene rings is 1. The molecule has 1 aromatic heterocycles. The van der Waals surface area contributed by atoms with Gasteiger partial charge in [-0.05, 0) is 31.4 Å². The Morgan fingerprint density at radius 1 is 1.36 bits per heavy atom. The zero-order valence-electron chi connectivity index (χ0n) is 12.3. The van der Waals surface area contributed by atoms with Crippen molar-refractivity contribution in [2.24, 2.45) is 5.73 Å². The van der Waals surface area contributed by atoms with Gasteiger partial charge in [0.05, 0.1) is 11.1 Å². The standard InChI is InChI=1S/C17H19N3O2/c1-2-3-4-9-15(16(18)21)20-17(22)13-10-12-7-5-6-8-14(12)19-11-13/h2,5-8,10-11,15H,1,3-4,9H2,(H2,18,21)(H,20,22)/t15-/m0/s1. The Morgan fingerprint density at radius 3 is 2.86 bits per heavy atom. The highest BCUT2D eigenvalue weighted by Gasteiger charge is 2.18. The van der Waals surface area contributed by atoms with Crippen molar-refractivity contribution >= 4 is 22.7 Å². The molecule has 5 nitrogen and oxygen atoms in total. The second kappa shape index (κ2) is 7.36. The molecule has 2 amide bonds. The van der Waals surface area contributed by atoms with E-state index in [2.05, 4.69) is 16.9 Å². The maximum atomic E-state index is 12.3. The van der Waals surface area contributed by atoms with Crippen LogP contribution < -0.4 is 11.1 Å².